The van der Waals surface area contributed by atoms with E-state index in [2.05, 4.69) is 4.98 Å². The third-order valence-electron chi connectivity index (χ3n) is 3.62. The SMILES string of the molecule is N#Cc1ccc(OC2CN(C(=O)/C=C/c3ccccc3Cl)C2)nc1. The molecule has 1 saturated heterocycles. The number of nitrogens with zero attached hydrogens (tertiary/aromatic N) is 3. The molecule has 1 aromatic carbocycles. The molecule has 1 aliphatic heterocycles. The van der Waals surface area contributed by atoms with Crippen LogP contribution in [0, 0.1) is 11.3 Å². The highest BCUT2D eigenvalue weighted by Crippen LogP contribution is 2.19. The van der Waals surface area contributed by atoms with Crippen molar-refractivity contribution >= 4 is 23.6 Å². The molecule has 1 amide bonds. The average Bonchev–Trinajstić information content (AvgIpc) is 2.57. The summed E-state index contributed by atoms with van der Waals surface area (Å²) in [5.74, 6) is 0.375. The fourth-order valence-corrected chi connectivity index (χ4v) is 2.45. The average molecular weight is 340 g/mol. The molecule has 5 nitrogen and oxygen atoms in total. The molecule has 24 heavy (non-hydrogen) atoms. The summed E-state index contributed by atoms with van der Waals surface area (Å²) < 4.78 is 5.65. The molecule has 0 radical (unpaired) electrons. The minimum atomic E-state index is -0.0810. The molecule has 0 aliphatic carbocycles. The van der Waals surface area contributed by atoms with Crippen molar-refractivity contribution in [2.75, 3.05) is 13.1 Å². The molecule has 120 valence electrons. The summed E-state index contributed by atoms with van der Waals surface area (Å²) in [7, 11) is 0. The van der Waals surface area contributed by atoms with Crippen LogP contribution in [-0.2, 0) is 4.79 Å². The van der Waals surface area contributed by atoms with Crippen molar-refractivity contribution in [2.24, 2.45) is 0 Å². The molecule has 2 aromatic rings. The Bertz CT molecular complexity index is 806. The number of amides is 1. The van der Waals surface area contributed by atoms with E-state index in [1.807, 2.05) is 24.3 Å². The highest BCUT2D eigenvalue weighted by Gasteiger charge is 2.31. The lowest BCUT2D eigenvalue weighted by atomic mass is 10.1. The number of benzene rings is 1. The predicted molar refractivity (Wildman–Crippen MR) is 90.4 cm³/mol. The number of pyridine rings is 1. The molecule has 1 fully saturated rings. The van der Waals surface area contributed by atoms with Crippen molar-refractivity contribution in [3.8, 4) is 11.9 Å². The second kappa shape index (κ2) is 7.16. The van der Waals surface area contributed by atoms with E-state index in [-0.39, 0.29) is 12.0 Å². The molecular weight excluding hydrogens is 326 g/mol. The van der Waals surface area contributed by atoms with Crippen molar-refractivity contribution in [3.63, 3.8) is 0 Å². The summed E-state index contributed by atoms with van der Waals surface area (Å²) in [5, 5.41) is 9.33. The second-order valence-electron chi connectivity index (χ2n) is 5.33. The van der Waals surface area contributed by atoms with Crippen molar-refractivity contribution in [1.29, 1.82) is 5.26 Å². The van der Waals surface area contributed by atoms with E-state index < -0.39 is 0 Å². The number of carbonyl (C=O) groups is 1. The van der Waals surface area contributed by atoms with Crippen LogP contribution in [0.25, 0.3) is 6.08 Å². The van der Waals surface area contributed by atoms with E-state index in [1.165, 1.54) is 12.3 Å². The topological polar surface area (TPSA) is 66.2 Å². The fraction of sp³-hybridized carbons (Fsp3) is 0.167. The number of aromatic nitrogens is 1. The van der Waals surface area contributed by atoms with Crippen molar-refractivity contribution in [1.82, 2.24) is 9.88 Å². The molecule has 1 aromatic heterocycles. The zero-order chi connectivity index (χ0) is 16.9. The Balaban J connectivity index is 1.50. The van der Waals surface area contributed by atoms with Crippen LogP contribution in [0.1, 0.15) is 11.1 Å². The smallest absolute Gasteiger partial charge is 0.246 e. The van der Waals surface area contributed by atoms with E-state index in [0.717, 1.165) is 5.56 Å². The summed E-state index contributed by atoms with van der Waals surface area (Å²) in [6.07, 6.45) is 4.60. The lowest BCUT2D eigenvalue weighted by Gasteiger charge is -2.38. The van der Waals surface area contributed by atoms with Gasteiger partial charge in [-0.1, -0.05) is 29.8 Å². The molecular formula is C18H14ClN3O2. The fourth-order valence-electron chi connectivity index (χ4n) is 2.26. The van der Waals surface area contributed by atoms with Gasteiger partial charge in [-0.25, -0.2) is 4.98 Å². The number of nitriles is 1. The zero-order valence-corrected chi connectivity index (χ0v) is 13.5. The first-order valence-corrected chi connectivity index (χ1v) is 7.78. The molecule has 2 heterocycles. The van der Waals surface area contributed by atoms with Gasteiger partial charge < -0.3 is 9.64 Å². The first-order valence-electron chi connectivity index (χ1n) is 7.40. The van der Waals surface area contributed by atoms with E-state index in [4.69, 9.17) is 21.6 Å². The molecule has 0 N–H and O–H groups in total. The lowest BCUT2D eigenvalue weighted by Crippen LogP contribution is -2.55. The molecule has 3 rings (SSSR count). The third-order valence-corrected chi connectivity index (χ3v) is 3.97. The van der Waals surface area contributed by atoms with Crippen LogP contribution in [0.15, 0.2) is 48.7 Å². The number of halogens is 1. The molecule has 0 unspecified atom stereocenters. The van der Waals surface area contributed by atoms with Crippen LogP contribution >= 0.6 is 11.6 Å². The standard InChI is InChI=1S/C18H14ClN3O2/c19-16-4-2-1-3-14(16)6-8-18(23)22-11-15(12-22)24-17-7-5-13(9-20)10-21-17/h1-8,10,15H,11-12H2/b8-6+. The predicted octanol–water partition coefficient (Wildman–Crippen LogP) is 2.91. The molecule has 1 aliphatic rings. The Morgan fingerprint density at radius 1 is 1.33 bits per heavy atom. The number of rotatable bonds is 4. The first kappa shape index (κ1) is 16.0. The van der Waals surface area contributed by atoms with Gasteiger partial charge in [0.2, 0.25) is 11.8 Å². The zero-order valence-electron chi connectivity index (χ0n) is 12.7. The Morgan fingerprint density at radius 2 is 2.12 bits per heavy atom. The van der Waals surface area contributed by atoms with Crippen LogP contribution in [0.5, 0.6) is 5.88 Å². The minimum absolute atomic E-state index is 0.0805. The Hall–Kier alpha value is -2.84. The maximum atomic E-state index is 12.1. The first-order chi connectivity index (χ1) is 11.7. The molecule has 0 saturated carbocycles. The van der Waals surface area contributed by atoms with Gasteiger partial charge in [-0.15, -0.1) is 0 Å². The maximum Gasteiger partial charge on any atom is 0.246 e. The number of carbonyl (C=O) groups excluding carboxylic acids is 1. The minimum Gasteiger partial charge on any atom is -0.471 e. The summed E-state index contributed by atoms with van der Waals surface area (Å²) in [4.78, 5) is 17.8. The van der Waals surface area contributed by atoms with Gasteiger partial charge >= 0.3 is 0 Å². The number of hydrogen-bond donors (Lipinski definition) is 0. The van der Waals surface area contributed by atoms with Crippen molar-refractivity contribution in [3.05, 3.63) is 64.8 Å². The Kier molecular flexibility index (Phi) is 4.78. The van der Waals surface area contributed by atoms with Crippen molar-refractivity contribution in [2.45, 2.75) is 6.10 Å². The lowest BCUT2D eigenvalue weighted by molar-refractivity contribution is -0.134. The van der Waals surface area contributed by atoms with Gasteiger partial charge in [0.15, 0.2) is 0 Å². The second-order valence-corrected chi connectivity index (χ2v) is 5.74. The molecule has 0 spiro atoms. The van der Waals surface area contributed by atoms with Gasteiger partial charge in [0, 0.05) is 23.4 Å². The summed E-state index contributed by atoms with van der Waals surface area (Å²) in [6.45, 7) is 1.01. The normalized spacial score (nSPS) is 14.2. The maximum absolute atomic E-state index is 12.1. The van der Waals surface area contributed by atoms with Crippen LogP contribution in [0.2, 0.25) is 5.02 Å². The van der Waals surface area contributed by atoms with Crippen molar-refractivity contribution < 1.29 is 9.53 Å². The number of ether oxygens (including phenoxy) is 1. The van der Waals surface area contributed by atoms with Crippen LogP contribution in [-0.4, -0.2) is 35.0 Å². The van der Waals surface area contributed by atoms with Gasteiger partial charge in [-0.3, -0.25) is 4.79 Å². The van der Waals surface area contributed by atoms with Gasteiger partial charge in [-0.05, 0) is 23.8 Å². The van der Waals surface area contributed by atoms with Crippen LogP contribution in [0.4, 0.5) is 0 Å². The number of likely N-dealkylation sites (tertiary alicyclic amines) is 1. The Labute approximate surface area is 144 Å². The molecule has 0 bridgehead atoms. The molecule has 6 heteroatoms. The third kappa shape index (κ3) is 3.73. The van der Waals surface area contributed by atoms with E-state index in [0.29, 0.717) is 29.6 Å². The monoisotopic (exact) mass is 339 g/mol. The van der Waals surface area contributed by atoms with Gasteiger partial charge in [0.05, 0.1) is 18.7 Å². The summed E-state index contributed by atoms with van der Waals surface area (Å²) >= 11 is 6.05. The summed E-state index contributed by atoms with van der Waals surface area (Å²) in [6, 6.07) is 12.6. The van der Waals surface area contributed by atoms with Gasteiger partial charge in [0.25, 0.3) is 0 Å². The van der Waals surface area contributed by atoms with E-state index in [9.17, 15) is 4.79 Å². The van der Waals surface area contributed by atoms with Crippen LogP contribution < -0.4 is 4.74 Å². The number of hydrogen-bond acceptors (Lipinski definition) is 4. The molecule has 0 atom stereocenters. The highest BCUT2D eigenvalue weighted by molar-refractivity contribution is 6.32. The van der Waals surface area contributed by atoms with Crippen LogP contribution in [0.3, 0.4) is 0 Å². The van der Waals surface area contributed by atoms with Gasteiger partial charge in [-0.2, -0.15) is 5.26 Å². The van der Waals surface area contributed by atoms with E-state index >= 15 is 0 Å². The quantitative estimate of drug-likeness (QED) is 0.803. The largest absolute Gasteiger partial charge is 0.471 e. The summed E-state index contributed by atoms with van der Waals surface area (Å²) in [5.41, 5.74) is 1.29. The Morgan fingerprint density at radius 3 is 2.79 bits per heavy atom. The highest BCUT2D eigenvalue weighted by atomic mass is 35.5. The van der Waals surface area contributed by atoms with Gasteiger partial charge in [0.1, 0.15) is 12.2 Å². The van der Waals surface area contributed by atoms with E-state index in [1.54, 1.807) is 29.2 Å².